The van der Waals surface area contributed by atoms with Crippen LogP contribution in [0.1, 0.15) is 34.8 Å². The zero-order chi connectivity index (χ0) is 18.3. The number of fused-ring (bicyclic) bond motifs is 1. The summed E-state index contributed by atoms with van der Waals surface area (Å²) in [6.07, 6.45) is 2.03. The summed E-state index contributed by atoms with van der Waals surface area (Å²) in [5.74, 6) is 0.589. The smallest absolute Gasteiger partial charge is 0.253 e. The highest BCUT2D eigenvalue weighted by Crippen LogP contribution is 2.43. The Morgan fingerprint density at radius 1 is 1.08 bits per heavy atom. The number of carbonyl (C=O) groups excluding carboxylic acids is 1. The lowest BCUT2D eigenvalue weighted by Crippen LogP contribution is -2.30. The van der Waals surface area contributed by atoms with Crippen LogP contribution in [0.25, 0.3) is 0 Å². The molecular weight excluding hydrogens is 380 g/mol. The molecule has 0 spiro atoms. The average molecular weight is 396 g/mol. The molecule has 136 valence electrons. The van der Waals surface area contributed by atoms with E-state index in [1.807, 2.05) is 18.2 Å². The first-order valence-electron chi connectivity index (χ1n) is 8.38. The van der Waals surface area contributed by atoms with E-state index in [1.165, 1.54) is 6.07 Å². The minimum absolute atomic E-state index is 0.0664. The molecule has 2 aliphatic rings. The lowest BCUT2D eigenvalue weighted by Gasteiger charge is -2.23. The number of hydrogen-bond donors (Lipinski definition) is 1. The van der Waals surface area contributed by atoms with E-state index in [1.54, 1.807) is 0 Å². The molecule has 1 amide bonds. The molecule has 1 unspecified atom stereocenters. The number of amides is 1. The van der Waals surface area contributed by atoms with Gasteiger partial charge in [0.25, 0.3) is 5.91 Å². The second-order valence-corrected chi connectivity index (χ2v) is 7.25. The average Bonchev–Trinajstić information content (AvgIpc) is 3.47. The van der Waals surface area contributed by atoms with Crippen molar-refractivity contribution in [2.75, 3.05) is 13.2 Å². The van der Waals surface area contributed by atoms with Crippen LogP contribution < -0.4 is 14.8 Å². The van der Waals surface area contributed by atoms with Gasteiger partial charge >= 0.3 is 0 Å². The Bertz CT molecular complexity index is 870. The Kier molecular flexibility index (Phi) is 4.67. The van der Waals surface area contributed by atoms with Gasteiger partial charge in [-0.3, -0.25) is 4.79 Å². The molecular formula is C19H16Cl2FNO3. The van der Waals surface area contributed by atoms with Gasteiger partial charge < -0.3 is 14.8 Å². The summed E-state index contributed by atoms with van der Waals surface area (Å²) in [6, 6.07) is 7.76. The molecule has 7 heteroatoms. The van der Waals surface area contributed by atoms with Gasteiger partial charge in [0.15, 0.2) is 11.5 Å². The second-order valence-electron chi connectivity index (χ2n) is 6.44. The minimum Gasteiger partial charge on any atom is -0.486 e. The van der Waals surface area contributed by atoms with Crippen molar-refractivity contribution in [3.05, 3.63) is 57.3 Å². The highest BCUT2D eigenvalue weighted by molar-refractivity contribution is 6.36. The Hall–Kier alpha value is -1.98. The monoisotopic (exact) mass is 395 g/mol. The van der Waals surface area contributed by atoms with Gasteiger partial charge in [-0.15, -0.1) is 0 Å². The van der Waals surface area contributed by atoms with E-state index in [9.17, 15) is 9.18 Å². The zero-order valence-corrected chi connectivity index (χ0v) is 15.2. The molecule has 1 heterocycles. The molecule has 0 aromatic heterocycles. The summed E-state index contributed by atoms with van der Waals surface area (Å²) >= 11 is 11.8. The van der Waals surface area contributed by atoms with Gasteiger partial charge in [0, 0.05) is 0 Å². The maximum atomic E-state index is 13.7. The van der Waals surface area contributed by atoms with Gasteiger partial charge in [0.2, 0.25) is 0 Å². The Morgan fingerprint density at radius 2 is 1.81 bits per heavy atom. The van der Waals surface area contributed by atoms with Crippen LogP contribution >= 0.6 is 23.2 Å². The summed E-state index contributed by atoms with van der Waals surface area (Å²) in [7, 11) is 0. The summed E-state index contributed by atoms with van der Waals surface area (Å²) in [4.78, 5) is 12.7. The van der Waals surface area contributed by atoms with Crippen LogP contribution in [0.15, 0.2) is 30.3 Å². The van der Waals surface area contributed by atoms with Crippen molar-refractivity contribution in [1.82, 2.24) is 5.32 Å². The first-order valence-corrected chi connectivity index (χ1v) is 9.13. The Balaban J connectivity index is 1.60. The minimum atomic E-state index is -0.677. The third-order valence-corrected chi connectivity index (χ3v) is 5.16. The molecule has 1 atom stereocenters. The fraction of sp³-hybridized carbons (Fsp3) is 0.316. The van der Waals surface area contributed by atoms with Crippen LogP contribution in [0, 0.1) is 11.7 Å². The Labute approximate surface area is 160 Å². The van der Waals surface area contributed by atoms with Crippen molar-refractivity contribution in [3.8, 4) is 11.5 Å². The van der Waals surface area contributed by atoms with Gasteiger partial charge in [-0.25, -0.2) is 4.39 Å². The number of ether oxygens (including phenoxy) is 2. The van der Waals surface area contributed by atoms with Crippen LogP contribution in [-0.4, -0.2) is 19.1 Å². The van der Waals surface area contributed by atoms with Crippen molar-refractivity contribution < 1.29 is 18.7 Å². The molecule has 2 aromatic carbocycles. The predicted octanol–water partition coefficient (Wildman–Crippen LogP) is 4.78. The number of hydrogen-bond acceptors (Lipinski definition) is 3. The van der Waals surface area contributed by atoms with E-state index < -0.39 is 11.7 Å². The van der Waals surface area contributed by atoms with E-state index in [0.29, 0.717) is 30.6 Å². The number of nitrogens with one attached hydrogen (secondary N) is 1. The predicted molar refractivity (Wildman–Crippen MR) is 96.8 cm³/mol. The van der Waals surface area contributed by atoms with Gasteiger partial charge in [0.05, 0.1) is 21.7 Å². The summed E-state index contributed by atoms with van der Waals surface area (Å²) in [5, 5.41) is 2.98. The molecule has 0 bridgehead atoms. The lowest BCUT2D eigenvalue weighted by molar-refractivity contribution is 0.0931. The number of carbonyl (C=O) groups is 1. The first kappa shape index (κ1) is 17.4. The van der Waals surface area contributed by atoms with Gasteiger partial charge in [0.1, 0.15) is 19.0 Å². The molecule has 1 fully saturated rings. The van der Waals surface area contributed by atoms with Crippen LogP contribution in [0.2, 0.25) is 10.0 Å². The van der Waals surface area contributed by atoms with E-state index in [4.69, 9.17) is 32.7 Å². The fourth-order valence-electron chi connectivity index (χ4n) is 3.07. The van der Waals surface area contributed by atoms with Gasteiger partial charge in [-0.2, -0.15) is 0 Å². The Morgan fingerprint density at radius 3 is 2.54 bits per heavy atom. The molecule has 1 N–H and O–H groups in total. The van der Waals surface area contributed by atoms with Crippen molar-refractivity contribution in [2.24, 2.45) is 5.92 Å². The summed E-state index contributed by atoms with van der Waals surface area (Å²) < 4.78 is 24.9. The molecule has 4 nitrogen and oxygen atoms in total. The van der Waals surface area contributed by atoms with E-state index >= 15 is 0 Å². The van der Waals surface area contributed by atoms with E-state index in [0.717, 1.165) is 24.5 Å². The highest BCUT2D eigenvalue weighted by Gasteiger charge is 2.34. The number of rotatable bonds is 4. The van der Waals surface area contributed by atoms with Gasteiger partial charge in [-0.05, 0) is 48.6 Å². The van der Waals surface area contributed by atoms with E-state index in [-0.39, 0.29) is 21.7 Å². The number of halogens is 3. The third-order valence-electron chi connectivity index (χ3n) is 4.56. The molecule has 0 saturated heterocycles. The van der Waals surface area contributed by atoms with Crippen LogP contribution in [0.4, 0.5) is 4.39 Å². The number of benzene rings is 2. The highest BCUT2D eigenvalue weighted by atomic mass is 35.5. The molecule has 2 aromatic rings. The quantitative estimate of drug-likeness (QED) is 0.757. The maximum Gasteiger partial charge on any atom is 0.253 e. The molecule has 1 saturated carbocycles. The van der Waals surface area contributed by atoms with Crippen molar-refractivity contribution in [2.45, 2.75) is 18.9 Å². The van der Waals surface area contributed by atoms with Crippen LogP contribution in [-0.2, 0) is 0 Å². The molecule has 1 aliphatic carbocycles. The zero-order valence-electron chi connectivity index (χ0n) is 13.7. The summed E-state index contributed by atoms with van der Waals surface area (Å²) in [6.45, 7) is 1.02. The fourth-order valence-corrected chi connectivity index (χ4v) is 3.54. The largest absolute Gasteiger partial charge is 0.486 e. The molecule has 1 aliphatic heterocycles. The lowest BCUT2D eigenvalue weighted by atomic mass is 10.0. The molecule has 0 radical (unpaired) electrons. The van der Waals surface area contributed by atoms with Crippen LogP contribution in [0.3, 0.4) is 0 Å². The maximum absolute atomic E-state index is 13.7. The third kappa shape index (κ3) is 3.46. The standard InChI is InChI=1S/C19H16Cl2FNO3/c20-13-9-14(21)15(22)8-12(13)19(24)23-18(10-1-2-10)11-3-4-16-17(7-11)26-6-5-25-16/h3-4,7-10,18H,1-2,5-6H2,(H,23,24). The topological polar surface area (TPSA) is 47.6 Å². The molecule has 4 rings (SSSR count). The second kappa shape index (κ2) is 6.97. The van der Waals surface area contributed by atoms with Gasteiger partial charge in [-0.1, -0.05) is 29.3 Å². The SMILES string of the molecule is O=C(NC(c1ccc2c(c1)OCCO2)C1CC1)c1cc(F)c(Cl)cc1Cl. The van der Waals surface area contributed by atoms with E-state index in [2.05, 4.69) is 5.32 Å². The van der Waals surface area contributed by atoms with Crippen LogP contribution in [0.5, 0.6) is 11.5 Å². The van der Waals surface area contributed by atoms with Crippen molar-refractivity contribution in [3.63, 3.8) is 0 Å². The normalized spacial score (nSPS) is 16.9. The summed E-state index contributed by atoms with van der Waals surface area (Å²) in [5.41, 5.74) is 0.993. The first-order chi connectivity index (χ1) is 12.5. The van der Waals surface area contributed by atoms with Crippen molar-refractivity contribution in [1.29, 1.82) is 0 Å². The molecule has 26 heavy (non-hydrogen) atoms. The van der Waals surface area contributed by atoms with Crippen molar-refractivity contribution >= 4 is 29.1 Å².